The van der Waals surface area contributed by atoms with Gasteiger partial charge in [0.2, 0.25) is 0 Å². The van der Waals surface area contributed by atoms with Crippen molar-refractivity contribution in [2.24, 2.45) is 0 Å². The molecule has 0 unspecified atom stereocenters. The van der Waals surface area contributed by atoms with E-state index in [-0.39, 0.29) is 5.82 Å². The van der Waals surface area contributed by atoms with E-state index in [0.717, 1.165) is 34.0 Å². The third-order valence-corrected chi connectivity index (χ3v) is 3.82. The lowest BCUT2D eigenvalue weighted by atomic mass is 9.92. The predicted molar refractivity (Wildman–Crippen MR) is 86.8 cm³/mol. The number of aryl methyl sites for hydroxylation is 1. The molecule has 1 N–H and O–H groups in total. The van der Waals surface area contributed by atoms with E-state index in [1.165, 1.54) is 0 Å². The fourth-order valence-corrected chi connectivity index (χ4v) is 2.82. The van der Waals surface area contributed by atoms with E-state index in [2.05, 4.69) is 29.6 Å². The normalized spacial score (nSPS) is 11.0. The van der Waals surface area contributed by atoms with Gasteiger partial charge < -0.3 is 5.32 Å². The zero-order valence-electron chi connectivity index (χ0n) is 12.3. The Kier molecular flexibility index (Phi) is 3.72. The summed E-state index contributed by atoms with van der Waals surface area (Å²) in [5.41, 5.74) is 3.84. The third kappa shape index (κ3) is 2.55. The SMILES string of the molecule is CNCc1ccc(F)c(-c2c(C)ccc3ccccc23)c1. The standard InChI is InChI=1S/C19H18FN/c1-13-7-9-15-5-3-4-6-16(15)19(13)17-11-14(12-21-2)8-10-18(17)20/h3-11,21H,12H2,1-2H3. The van der Waals surface area contributed by atoms with E-state index in [9.17, 15) is 4.39 Å². The van der Waals surface area contributed by atoms with Crippen molar-refractivity contribution in [3.63, 3.8) is 0 Å². The summed E-state index contributed by atoms with van der Waals surface area (Å²) in [5, 5.41) is 5.34. The first-order chi connectivity index (χ1) is 10.2. The first-order valence-corrected chi connectivity index (χ1v) is 7.12. The Bertz CT molecular complexity index is 793. The lowest BCUT2D eigenvalue weighted by Gasteiger charge is -2.13. The van der Waals surface area contributed by atoms with Crippen molar-refractivity contribution >= 4 is 10.8 Å². The maximum absolute atomic E-state index is 14.4. The Morgan fingerprint density at radius 2 is 1.81 bits per heavy atom. The summed E-state index contributed by atoms with van der Waals surface area (Å²) in [4.78, 5) is 0. The highest BCUT2D eigenvalue weighted by atomic mass is 19.1. The van der Waals surface area contributed by atoms with Crippen molar-refractivity contribution in [2.75, 3.05) is 7.05 Å². The van der Waals surface area contributed by atoms with Gasteiger partial charge in [0.15, 0.2) is 0 Å². The van der Waals surface area contributed by atoms with Crippen LogP contribution in [0.5, 0.6) is 0 Å². The van der Waals surface area contributed by atoms with Gasteiger partial charge >= 0.3 is 0 Å². The molecule has 21 heavy (non-hydrogen) atoms. The van der Waals surface area contributed by atoms with E-state index < -0.39 is 0 Å². The zero-order chi connectivity index (χ0) is 14.8. The van der Waals surface area contributed by atoms with Gasteiger partial charge in [-0.1, -0.05) is 42.5 Å². The van der Waals surface area contributed by atoms with Gasteiger partial charge in [-0.25, -0.2) is 4.39 Å². The van der Waals surface area contributed by atoms with Crippen LogP contribution in [0.25, 0.3) is 21.9 Å². The summed E-state index contributed by atoms with van der Waals surface area (Å²) in [6.45, 7) is 2.77. The monoisotopic (exact) mass is 279 g/mol. The van der Waals surface area contributed by atoms with E-state index in [1.807, 2.05) is 38.2 Å². The molecule has 1 nitrogen and oxygen atoms in total. The van der Waals surface area contributed by atoms with Crippen molar-refractivity contribution in [3.8, 4) is 11.1 Å². The fourth-order valence-electron chi connectivity index (χ4n) is 2.82. The number of benzene rings is 3. The molecule has 0 spiro atoms. The van der Waals surface area contributed by atoms with Crippen LogP contribution in [0.3, 0.4) is 0 Å². The summed E-state index contributed by atoms with van der Waals surface area (Å²) in [7, 11) is 1.90. The van der Waals surface area contributed by atoms with Crippen molar-refractivity contribution in [3.05, 3.63) is 71.5 Å². The third-order valence-electron chi connectivity index (χ3n) is 3.82. The fraction of sp³-hybridized carbons (Fsp3) is 0.158. The Morgan fingerprint density at radius 3 is 2.62 bits per heavy atom. The highest BCUT2D eigenvalue weighted by Crippen LogP contribution is 2.34. The number of nitrogens with one attached hydrogen (secondary N) is 1. The second kappa shape index (κ2) is 5.66. The molecule has 106 valence electrons. The lowest BCUT2D eigenvalue weighted by molar-refractivity contribution is 0.630. The molecule has 0 saturated heterocycles. The zero-order valence-corrected chi connectivity index (χ0v) is 12.3. The van der Waals surface area contributed by atoms with E-state index in [1.54, 1.807) is 6.07 Å². The maximum atomic E-state index is 14.4. The van der Waals surface area contributed by atoms with Crippen molar-refractivity contribution in [1.82, 2.24) is 5.32 Å². The minimum absolute atomic E-state index is 0.172. The smallest absolute Gasteiger partial charge is 0.131 e. The molecule has 3 rings (SSSR count). The second-order valence-corrected chi connectivity index (χ2v) is 5.32. The van der Waals surface area contributed by atoms with Crippen molar-refractivity contribution in [1.29, 1.82) is 0 Å². The van der Waals surface area contributed by atoms with Crippen molar-refractivity contribution in [2.45, 2.75) is 13.5 Å². The molecule has 3 aromatic rings. The lowest BCUT2D eigenvalue weighted by Crippen LogP contribution is -2.05. The highest BCUT2D eigenvalue weighted by Gasteiger charge is 2.12. The molecule has 0 heterocycles. The average molecular weight is 279 g/mol. The largest absolute Gasteiger partial charge is 0.316 e. The molecule has 0 radical (unpaired) electrons. The van der Waals surface area contributed by atoms with Crippen LogP contribution in [-0.4, -0.2) is 7.05 Å². The molecule has 0 amide bonds. The van der Waals surface area contributed by atoms with Gasteiger partial charge in [0.1, 0.15) is 5.82 Å². The number of hydrogen-bond acceptors (Lipinski definition) is 1. The number of rotatable bonds is 3. The Balaban J connectivity index is 2.29. The molecule has 0 aliphatic carbocycles. The molecule has 0 atom stereocenters. The van der Waals surface area contributed by atoms with Gasteiger partial charge in [0.05, 0.1) is 0 Å². The van der Waals surface area contributed by atoms with Gasteiger partial charge in [0, 0.05) is 12.1 Å². The van der Waals surface area contributed by atoms with Gasteiger partial charge in [-0.2, -0.15) is 0 Å². The van der Waals surface area contributed by atoms with E-state index in [4.69, 9.17) is 0 Å². The molecule has 0 aliphatic heterocycles. The molecule has 0 bridgehead atoms. The van der Waals surface area contributed by atoms with E-state index in [0.29, 0.717) is 5.56 Å². The number of fused-ring (bicyclic) bond motifs is 1. The summed E-state index contributed by atoms with van der Waals surface area (Å²) in [6.07, 6.45) is 0. The van der Waals surface area contributed by atoms with E-state index >= 15 is 0 Å². The summed E-state index contributed by atoms with van der Waals surface area (Å²) in [5.74, 6) is -0.172. The molecular formula is C19H18FN. The first kappa shape index (κ1) is 13.8. The minimum Gasteiger partial charge on any atom is -0.316 e. The second-order valence-electron chi connectivity index (χ2n) is 5.32. The van der Waals surface area contributed by atoms with Crippen LogP contribution < -0.4 is 5.32 Å². The number of hydrogen-bond donors (Lipinski definition) is 1. The molecule has 0 fully saturated rings. The number of halogens is 1. The van der Waals surface area contributed by atoms with Gasteiger partial charge in [-0.3, -0.25) is 0 Å². The van der Waals surface area contributed by atoms with Gasteiger partial charge in [0.25, 0.3) is 0 Å². The van der Waals surface area contributed by atoms with Crippen LogP contribution in [-0.2, 0) is 6.54 Å². The molecule has 0 aliphatic rings. The Labute approximate surface area is 124 Å². The van der Waals surface area contributed by atoms with Gasteiger partial charge in [-0.05, 0) is 53.6 Å². The topological polar surface area (TPSA) is 12.0 Å². The van der Waals surface area contributed by atoms with Crippen LogP contribution in [0.15, 0.2) is 54.6 Å². The van der Waals surface area contributed by atoms with Crippen molar-refractivity contribution < 1.29 is 4.39 Å². The Hall–Kier alpha value is -2.19. The first-order valence-electron chi connectivity index (χ1n) is 7.12. The maximum Gasteiger partial charge on any atom is 0.131 e. The van der Waals surface area contributed by atoms with Crippen LogP contribution in [0.4, 0.5) is 4.39 Å². The molecule has 2 heteroatoms. The van der Waals surface area contributed by atoms with Gasteiger partial charge in [-0.15, -0.1) is 0 Å². The average Bonchev–Trinajstić information content (AvgIpc) is 2.50. The van der Waals surface area contributed by atoms with Crippen LogP contribution in [0, 0.1) is 12.7 Å². The summed E-state index contributed by atoms with van der Waals surface area (Å²) in [6, 6.07) is 17.6. The quantitative estimate of drug-likeness (QED) is 0.734. The minimum atomic E-state index is -0.172. The summed E-state index contributed by atoms with van der Waals surface area (Å²) < 4.78 is 14.4. The predicted octanol–water partition coefficient (Wildman–Crippen LogP) is 4.67. The molecular weight excluding hydrogens is 261 g/mol. The van der Waals surface area contributed by atoms with Crippen LogP contribution in [0.1, 0.15) is 11.1 Å². The van der Waals surface area contributed by atoms with Crippen LogP contribution >= 0.6 is 0 Å². The van der Waals surface area contributed by atoms with Crippen LogP contribution in [0.2, 0.25) is 0 Å². The summed E-state index contributed by atoms with van der Waals surface area (Å²) >= 11 is 0. The molecule has 3 aromatic carbocycles. The molecule has 0 saturated carbocycles. The highest BCUT2D eigenvalue weighted by molar-refractivity contribution is 5.98. The molecule has 0 aromatic heterocycles. The Morgan fingerprint density at radius 1 is 1.00 bits per heavy atom.